The Labute approximate surface area is 204 Å². The number of nitrogens with zero attached hydrogens (tertiary/aromatic N) is 7. The van der Waals surface area contributed by atoms with E-state index < -0.39 is 5.82 Å². The molecule has 0 radical (unpaired) electrons. The maximum absolute atomic E-state index is 14.7. The third-order valence-electron chi connectivity index (χ3n) is 5.74. The summed E-state index contributed by atoms with van der Waals surface area (Å²) in [6.45, 7) is 0.406. The van der Waals surface area contributed by atoms with Gasteiger partial charge in [-0.3, -0.25) is 9.48 Å². The fourth-order valence-corrected chi connectivity index (χ4v) is 4.26. The summed E-state index contributed by atoms with van der Waals surface area (Å²) in [5.74, 6) is 0.00610. The van der Waals surface area contributed by atoms with Crippen molar-refractivity contribution < 1.29 is 9.18 Å². The fraction of sp³-hybridized carbons (Fsp3) is 0.167. The lowest BCUT2D eigenvalue weighted by atomic mass is 10.0. The Morgan fingerprint density at radius 2 is 2.14 bits per heavy atom. The predicted molar refractivity (Wildman–Crippen MR) is 128 cm³/mol. The van der Waals surface area contributed by atoms with Crippen LogP contribution in [0.2, 0.25) is 5.15 Å². The van der Waals surface area contributed by atoms with Gasteiger partial charge in [0.15, 0.2) is 5.82 Å². The maximum atomic E-state index is 14.7. The van der Waals surface area contributed by atoms with Crippen LogP contribution in [-0.4, -0.2) is 37.2 Å². The van der Waals surface area contributed by atoms with Gasteiger partial charge in [-0.2, -0.15) is 10.4 Å². The Morgan fingerprint density at radius 1 is 1.29 bits per heavy atom. The number of pyridine rings is 1. The monoisotopic (exact) mass is 488 g/mol. The number of anilines is 3. The number of nitriles is 1. The highest BCUT2D eigenvalue weighted by Gasteiger charge is 2.29. The molecule has 4 heterocycles. The zero-order chi connectivity index (χ0) is 24.5. The highest BCUT2D eigenvalue weighted by Crippen LogP contribution is 2.37. The third-order valence-corrected chi connectivity index (χ3v) is 6.08. The average molecular weight is 489 g/mol. The minimum absolute atomic E-state index is 0.0517. The van der Waals surface area contributed by atoms with Crippen LogP contribution in [0, 0.1) is 17.1 Å². The van der Waals surface area contributed by atoms with E-state index in [4.69, 9.17) is 11.6 Å². The molecule has 1 N–H and O–H groups in total. The molecular formula is C24H18ClFN8O. The molecule has 1 aliphatic rings. The van der Waals surface area contributed by atoms with Gasteiger partial charge >= 0.3 is 0 Å². The Kier molecular flexibility index (Phi) is 5.84. The van der Waals surface area contributed by atoms with Crippen LogP contribution in [0.4, 0.5) is 21.8 Å². The second-order valence-electron chi connectivity index (χ2n) is 7.92. The number of nitrogens with one attached hydrogen (secondary N) is 1. The molecule has 174 valence electrons. The van der Waals surface area contributed by atoms with Crippen LogP contribution in [0.25, 0.3) is 11.3 Å². The van der Waals surface area contributed by atoms with E-state index in [2.05, 4.69) is 31.4 Å². The van der Waals surface area contributed by atoms with Crippen molar-refractivity contribution in [3.05, 3.63) is 76.6 Å². The lowest BCUT2D eigenvalue weighted by Gasteiger charge is -2.19. The third kappa shape index (κ3) is 4.29. The molecule has 0 unspecified atom stereocenters. The van der Waals surface area contributed by atoms with E-state index in [0.29, 0.717) is 35.6 Å². The van der Waals surface area contributed by atoms with Crippen LogP contribution in [-0.2, 0) is 24.7 Å². The van der Waals surface area contributed by atoms with Gasteiger partial charge in [0.05, 0.1) is 30.1 Å². The molecule has 9 nitrogen and oxygen atoms in total. The zero-order valence-electron chi connectivity index (χ0n) is 18.5. The Balaban J connectivity index is 1.48. The number of carbonyl (C=O) groups is 1. The van der Waals surface area contributed by atoms with Gasteiger partial charge in [-0.25, -0.2) is 19.3 Å². The summed E-state index contributed by atoms with van der Waals surface area (Å²) in [5, 5.41) is 17.2. The summed E-state index contributed by atoms with van der Waals surface area (Å²) >= 11 is 6.11. The number of benzene rings is 1. The maximum Gasteiger partial charge on any atom is 0.231 e. The second-order valence-corrected chi connectivity index (χ2v) is 8.28. The number of amides is 1. The van der Waals surface area contributed by atoms with Crippen LogP contribution in [0.3, 0.4) is 0 Å². The number of fused-ring (bicyclic) bond motifs is 1. The van der Waals surface area contributed by atoms with E-state index in [9.17, 15) is 14.4 Å². The Hall–Kier alpha value is -4.36. The largest absolute Gasteiger partial charge is 0.310 e. The smallest absolute Gasteiger partial charge is 0.231 e. The van der Waals surface area contributed by atoms with Crippen molar-refractivity contribution in [1.29, 1.82) is 5.26 Å². The highest BCUT2D eigenvalue weighted by molar-refractivity contribution is 6.30. The van der Waals surface area contributed by atoms with Gasteiger partial charge in [-0.1, -0.05) is 17.7 Å². The van der Waals surface area contributed by atoms with Crippen molar-refractivity contribution >= 4 is 35.0 Å². The summed E-state index contributed by atoms with van der Waals surface area (Å²) in [7, 11) is 1.75. The molecule has 4 aromatic rings. The molecule has 0 bridgehead atoms. The van der Waals surface area contributed by atoms with Gasteiger partial charge in [0, 0.05) is 31.4 Å². The van der Waals surface area contributed by atoms with E-state index in [-0.39, 0.29) is 34.7 Å². The number of halogens is 2. The number of aryl methyl sites for hydroxylation is 1. The van der Waals surface area contributed by atoms with E-state index in [1.165, 1.54) is 0 Å². The molecule has 0 saturated heterocycles. The first kappa shape index (κ1) is 22.4. The Morgan fingerprint density at radius 3 is 2.89 bits per heavy atom. The molecule has 35 heavy (non-hydrogen) atoms. The summed E-state index contributed by atoms with van der Waals surface area (Å²) in [5.41, 5.74) is 2.65. The Bertz CT molecular complexity index is 1500. The van der Waals surface area contributed by atoms with Gasteiger partial charge < -0.3 is 10.2 Å². The molecule has 1 aromatic carbocycles. The average Bonchev–Trinajstić information content (AvgIpc) is 3.47. The van der Waals surface area contributed by atoms with E-state index in [0.717, 1.165) is 11.8 Å². The minimum Gasteiger partial charge on any atom is -0.310 e. The van der Waals surface area contributed by atoms with E-state index in [1.54, 1.807) is 59.4 Å². The molecule has 0 spiro atoms. The van der Waals surface area contributed by atoms with Crippen LogP contribution in [0.15, 0.2) is 48.9 Å². The standard InChI is InChI=1S/C24H18ClFN8O/c1-33-19(4-7-30-33)31-24-29-13-18(26)21(32-24)16-9-14-5-8-34(22(14)17(10-16)12-27)20(35)11-15-3-2-6-28-23(15)25/h2-4,6-7,9-10,13H,5,8,11H2,1H3,(H,29,31,32). The van der Waals surface area contributed by atoms with Crippen LogP contribution < -0.4 is 10.2 Å². The molecule has 3 aromatic heterocycles. The van der Waals surface area contributed by atoms with Crippen LogP contribution in [0.5, 0.6) is 0 Å². The molecule has 0 aliphatic carbocycles. The lowest BCUT2D eigenvalue weighted by Crippen LogP contribution is -2.31. The normalized spacial score (nSPS) is 12.3. The van der Waals surface area contributed by atoms with Crippen molar-refractivity contribution in [2.45, 2.75) is 12.8 Å². The zero-order valence-corrected chi connectivity index (χ0v) is 19.3. The lowest BCUT2D eigenvalue weighted by molar-refractivity contribution is -0.117. The highest BCUT2D eigenvalue weighted by atomic mass is 35.5. The minimum atomic E-state index is -0.624. The van der Waals surface area contributed by atoms with E-state index >= 15 is 0 Å². The predicted octanol–water partition coefficient (Wildman–Crippen LogP) is 3.81. The first-order valence-electron chi connectivity index (χ1n) is 10.7. The summed E-state index contributed by atoms with van der Waals surface area (Å²) in [6, 6.07) is 10.7. The van der Waals surface area contributed by atoms with Crippen molar-refractivity contribution in [3.8, 4) is 17.3 Å². The molecule has 11 heteroatoms. The van der Waals surface area contributed by atoms with Crippen molar-refractivity contribution in [3.63, 3.8) is 0 Å². The van der Waals surface area contributed by atoms with Gasteiger partial charge in [-0.05, 0) is 35.7 Å². The molecule has 0 fully saturated rings. The summed E-state index contributed by atoms with van der Waals surface area (Å²) < 4.78 is 16.3. The molecule has 0 saturated carbocycles. The van der Waals surface area contributed by atoms with Gasteiger partial charge in [0.25, 0.3) is 0 Å². The van der Waals surface area contributed by atoms with Gasteiger partial charge in [0.1, 0.15) is 22.7 Å². The van der Waals surface area contributed by atoms with E-state index in [1.807, 2.05) is 0 Å². The molecule has 5 rings (SSSR count). The van der Waals surface area contributed by atoms with Crippen LogP contribution >= 0.6 is 11.6 Å². The van der Waals surface area contributed by atoms with Crippen molar-refractivity contribution in [1.82, 2.24) is 24.7 Å². The first-order valence-corrected chi connectivity index (χ1v) is 11.1. The number of hydrogen-bond acceptors (Lipinski definition) is 7. The SMILES string of the molecule is Cn1nccc1Nc1ncc(F)c(-c2cc(C#N)c3c(c2)CCN3C(=O)Cc2cccnc2Cl)n1. The molecule has 1 aliphatic heterocycles. The van der Waals surface area contributed by atoms with Gasteiger partial charge in [0.2, 0.25) is 11.9 Å². The first-order chi connectivity index (χ1) is 16.9. The van der Waals surface area contributed by atoms with Gasteiger partial charge in [-0.15, -0.1) is 0 Å². The van der Waals surface area contributed by atoms with Crippen molar-refractivity contribution in [2.24, 2.45) is 7.05 Å². The number of hydrogen-bond donors (Lipinski definition) is 1. The molecular weight excluding hydrogens is 471 g/mol. The van der Waals surface area contributed by atoms with Crippen molar-refractivity contribution in [2.75, 3.05) is 16.8 Å². The molecule has 0 atom stereocenters. The summed E-state index contributed by atoms with van der Waals surface area (Å²) in [6.07, 6.45) is 4.83. The topological polar surface area (TPSA) is 113 Å². The number of carbonyl (C=O) groups excluding carboxylic acids is 1. The number of rotatable bonds is 5. The quantitative estimate of drug-likeness (QED) is 0.425. The number of aromatic nitrogens is 5. The fourth-order valence-electron chi connectivity index (χ4n) is 4.07. The second kappa shape index (κ2) is 9.12. The summed E-state index contributed by atoms with van der Waals surface area (Å²) in [4.78, 5) is 27.0. The van der Waals surface area contributed by atoms with Crippen LogP contribution in [0.1, 0.15) is 16.7 Å². The molecule has 1 amide bonds.